The van der Waals surface area contributed by atoms with Gasteiger partial charge >= 0.3 is 0 Å². The first kappa shape index (κ1) is 14.9. The zero-order chi connectivity index (χ0) is 14.4. The zero-order valence-electron chi connectivity index (χ0n) is 11.7. The summed E-state index contributed by atoms with van der Waals surface area (Å²) < 4.78 is 18.9. The fraction of sp³-hybridized carbons (Fsp3) is 0.533. The van der Waals surface area contributed by atoms with E-state index >= 15 is 0 Å². The average Bonchev–Trinajstić information content (AvgIpc) is 2.47. The molecular formula is C15H20FN3O. The van der Waals surface area contributed by atoms with Crippen LogP contribution in [-0.4, -0.2) is 43.8 Å². The highest BCUT2D eigenvalue weighted by Gasteiger charge is 2.13. The van der Waals surface area contributed by atoms with Crippen LogP contribution in [0, 0.1) is 17.1 Å². The van der Waals surface area contributed by atoms with Crippen molar-refractivity contribution in [2.45, 2.75) is 19.5 Å². The minimum atomic E-state index is -0.268. The van der Waals surface area contributed by atoms with E-state index in [4.69, 9.17) is 10.00 Å². The van der Waals surface area contributed by atoms with E-state index in [2.05, 4.69) is 17.1 Å². The topological polar surface area (TPSA) is 48.3 Å². The predicted octanol–water partition coefficient (Wildman–Crippen LogP) is 1.51. The molecule has 1 N–H and O–H groups in total. The van der Waals surface area contributed by atoms with Crippen molar-refractivity contribution < 1.29 is 9.13 Å². The third-order valence-corrected chi connectivity index (χ3v) is 3.45. The fourth-order valence-corrected chi connectivity index (χ4v) is 2.30. The van der Waals surface area contributed by atoms with Gasteiger partial charge in [-0.25, -0.2) is 4.39 Å². The van der Waals surface area contributed by atoms with Crippen LogP contribution in [0.15, 0.2) is 18.2 Å². The molecule has 0 aromatic heterocycles. The fourth-order valence-electron chi connectivity index (χ4n) is 2.30. The zero-order valence-corrected chi connectivity index (χ0v) is 11.7. The SMILES string of the molecule is CC(CN1CCOCC1)NCc1cc(C#N)ccc1F. The molecule has 4 nitrogen and oxygen atoms in total. The number of benzene rings is 1. The Morgan fingerprint density at radius 2 is 2.20 bits per heavy atom. The van der Waals surface area contributed by atoms with Gasteiger partial charge in [0.1, 0.15) is 5.82 Å². The number of hydrogen-bond acceptors (Lipinski definition) is 4. The maximum atomic E-state index is 13.6. The van der Waals surface area contributed by atoms with Gasteiger partial charge in [-0.05, 0) is 25.1 Å². The molecule has 1 unspecified atom stereocenters. The van der Waals surface area contributed by atoms with E-state index in [1.807, 2.05) is 6.07 Å². The molecule has 1 fully saturated rings. The molecule has 0 radical (unpaired) electrons. The van der Waals surface area contributed by atoms with E-state index in [-0.39, 0.29) is 11.9 Å². The third kappa shape index (κ3) is 4.27. The predicted molar refractivity (Wildman–Crippen MR) is 74.7 cm³/mol. The van der Waals surface area contributed by atoms with Crippen molar-refractivity contribution in [2.75, 3.05) is 32.8 Å². The summed E-state index contributed by atoms with van der Waals surface area (Å²) in [5, 5.41) is 12.1. The highest BCUT2D eigenvalue weighted by atomic mass is 19.1. The molecule has 1 atom stereocenters. The number of morpholine rings is 1. The molecule has 2 rings (SSSR count). The van der Waals surface area contributed by atoms with Gasteiger partial charge in [0, 0.05) is 37.8 Å². The van der Waals surface area contributed by atoms with Crippen LogP contribution in [0.2, 0.25) is 0 Å². The van der Waals surface area contributed by atoms with Gasteiger partial charge in [0.05, 0.1) is 24.8 Å². The van der Waals surface area contributed by atoms with Crippen LogP contribution in [0.4, 0.5) is 4.39 Å². The van der Waals surface area contributed by atoms with Crippen molar-refractivity contribution in [1.29, 1.82) is 5.26 Å². The van der Waals surface area contributed by atoms with Crippen molar-refractivity contribution in [1.82, 2.24) is 10.2 Å². The number of halogens is 1. The van der Waals surface area contributed by atoms with Gasteiger partial charge in [-0.15, -0.1) is 0 Å². The highest BCUT2D eigenvalue weighted by molar-refractivity contribution is 5.33. The summed E-state index contributed by atoms with van der Waals surface area (Å²) in [6.07, 6.45) is 0. The van der Waals surface area contributed by atoms with Crippen LogP contribution in [0.25, 0.3) is 0 Å². The van der Waals surface area contributed by atoms with E-state index in [0.29, 0.717) is 17.7 Å². The lowest BCUT2D eigenvalue weighted by molar-refractivity contribution is 0.0343. The van der Waals surface area contributed by atoms with Gasteiger partial charge in [0.25, 0.3) is 0 Å². The Labute approximate surface area is 119 Å². The van der Waals surface area contributed by atoms with Crippen molar-refractivity contribution in [3.8, 4) is 6.07 Å². The monoisotopic (exact) mass is 277 g/mol. The van der Waals surface area contributed by atoms with Gasteiger partial charge in [0.2, 0.25) is 0 Å². The summed E-state index contributed by atoms with van der Waals surface area (Å²) in [5.74, 6) is -0.268. The minimum Gasteiger partial charge on any atom is -0.379 e. The normalized spacial score (nSPS) is 17.6. The average molecular weight is 277 g/mol. The van der Waals surface area contributed by atoms with Crippen LogP contribution >= 0.6 is 0 Å². The van der Waals surface area contributed by atoms with Gasteiger partial charge in [-0.1, -0.05) is 0 Å². The van der Waals surface area contributed by atoms with E-state index in [1.54, 1.807) is 6.07 Å². The van der Waals surface area contributed by atoms with Gasteiger partial charge in [0.15, 0.2) is 0 Å². The second kappa shape index (κ2) is 7.34. The second-order valence-electron chi connectivity index (χ2n) is 5.11. The Hall–Kier alpha value is -1.48. The smallest absolute Gasteiger partial charge is 0.127 e. The summed E-state index contributed by atoms with van der Waals surface area (Å²) in [6, 6.07) is 6.74. The molecule has 1 aromatic carbocycles. The van der Waals surface area contributed by atoms with Crippen LogP contribution in [0.3, 0.4) is 0 Å². The highest BCUT2D eigenvalue weighted by Crippen LogP contribution is 2.10. The van der Waals surface area contributed by atoms with Crippen molar-refractivity contribution in [3.63, 3.8) is 0 Å². The number of nitrogens with zero attached hydrogens (tertiary/aromatic N) is 2. The number of nitriles is 1. The molecule has 0 bridgehead atoms. The first-order chi connectivity index (χ1) is 9.69. The van der Waals surface area contributed by atoms with Gasteiger partial charge in [-0.2, -0.15) is 5.26 Å². The summed E-state index contributed by atoms with van der Waals surface area (Å²) in [4.78, 5) is 2.34. The summed E-state index contributed by atoms with van der Waals surface area (Å²) >= 11 is 0. The molecule has 0 amide bonds. The molecular weight excluding hydrogens is 257 g/mol. The molecule has 1 aliphatic rings. The Morgan fingerprint density at radius 3 is 2.90 bits per heavy atom. The summed E-state index contributed by atoms with van der Waals surface area (Å²) in [7, 11) is 0. The molecule has 5 heteroatoms. The minimum absolute atomic E-state index is 0.262. The lowest BCUT2D eigenvalue weighted by Gasteiger charge is -2.29. The van der Waals surface area contributed by atoms with Crippen molar-refractivity contribution in [3.05, 3.63) is 35.1 Å². The Bertz CT molecular complexity index is 480. The first-order valence-corrected chi connectivity index (χ1v) is 6.91. The first-order valence-electron chi connectivity index (χ1n) is 6.91. The quantitative estimate of drug-likeness (QED) is 0.886. The van der Waals surface area contributed by atoms with E-state index in [0.717, 1.165) is 32.8 Å². The maximum Gasteiger partial charge on any atom is 0.127 e. The molecule has 1 aromatic rings. The lowest BCUT2D eigenvalue weighted by atomic mass is 10.1. The largest absolute Gasteiger partial charge is 0.379 e. The van der Waals surface area contributed by atoms with Crippen molar-refractivity contribution in [2.24, 2.45) is 0 Å². The van der Waals surface area contributed by atoms with Gasteiger partial charge in [-0.3, -0.25) is 4.90 Å². The van der Waals surface area contributed by atoms with Crippen LogP contribution in [-0.2, 0) is 11.3 Å². The van der Waals surface area contributed by atoms with Crippen LogP contribution in [0.1, 0.15) is 18.1 Å². The standard InChI is InChI=1S/C15H20FN3O/c1-12(11-19-4-6-20-7-5-19)18-10-14-8-13(9-17)2-3-15(14)16/h2-3,8,12,18H,4-7,10-11H2,1H3. The van der Waals surface area contributed by atoms with Gasteiger partial charge < -0.3 is 10.1 Å². The summed E-state index contributed by atoms with van der Waals surface area (Å²) in [6.45, 7) is 6.91. The van der Waals surface area contributed by atoms with Crippen LogP contribution < -0.4 is 5.32 Å². The Balaban J connectivity index is 1.83. The molecule has 1 heterocycles. The van der Waals surface area contributed by atoms with Crippen LogP contribution in [0.5, 0.6) is 0 Å². The molecule has 0 aliphatic carbocycles. The molecule has 20 heavy (non-hydrogen) atoms. The second-order valence-corrected chi connectivity index (χ2v) is 5.11. The summed E-state index contributed by atoms with van der Waals surface area (Å²) in [5.41, 5.74) is 1.03. The van der Waals surface area contributed by atoms with E-state index in [9.17, 15) is 4.39 Å². The molecule has 1 aliphatic heterocycles. The third-order valence-electron chi connectivity index (χ3n) is 3.45. The lowest BCUT2D eigenvalue weighted by Crippen LogP contribution is -2.44. The van der Waals surface area contributed by atoms with Crippen molar-refractivity contribution >= 4 is 0 Å². The molecule has 1 saturated heterocycles. The molecule has 0 spiro atoms. The Morgan fingerprint density at radius 1 is 1.45 bits per heavy atom. The van der Waals surface area contributed by atoms with E-state index < -0.39 is 0 Å². The number of rotatable bonds is 5. The Kier molecular flexibility index (Phi) is 5.48. The molecule has 108 valence electrons. The maximum absolute atomic E-state index is 13.6. The van der Waals surface area contributed by atoms with E-state index in [1.165, 1.54) is 12.1 Å². The number of ether oxygens (including phenoxy) is 1. The number of hydrogen-bond donors (Lipinski definition) is 1. The number of nitrogens with one attached hydrogen (secondary N) is 1. The molecule has 0 saturated carbocycles.